The molecule has 4 rings (SSSR count). The van der Waals surface area contributed by atoms with Crippen LogP contribution in [0.4, 0.5) is 11.5 Å². The second-order valence-corrected chi connectivity index (χ2v) is 6.85. The van der Waals surface area contributed by atoms with Crippen molar-refractivity contribution in [2.75, 3.05) is 43.4 Å². The number of piperazine rings is 1. The van der Waals surface area contributed by atoms with E-state index in [2.05, 4.69) is 37.3 Å². The molecular weight excluding hydrogens is 356 g/mol. The Hall–Kier alpha value is -3.26. The van der Waals surface area contributed by atoms with Crippen LogP contribution in [0.2, 0.25) is 0 Å². The first-order valence-electron chi connectivity index (χ1n) is 9.20. The number of amides is 1. The Bertz CT molecular complexity index is 978. The third-order valence-corrected chi connectivity index (χ3v) is 4.73. The van der Waals surface area contributed by atoms with Gasteiger partial charge in [0.15, 0.2) is 0 Å². The summed E-state index contributed by atoms with van der Waals surface area (Å²) in [5, 5.41) is 10.8. The molecule has 1 fully saturated rings. The molecule has 0 saturated carbocycles. The van der Waals surface area contributed by atoms with Crippen molar-refractivity contribution in [2.24, 2.45) is 0 Å². The second kappa shape index (κ2) is 7.77. The van der Waals surface area contributed by atoms with E-state index in [4.69, 9.17) is 4.42 Å². The molecule has 0 radical (unpaired) electrons. The summed E-state index contributed by atoms with van der Waals surface area (Å²) in [7, 11) is 2.11. The van der Waals surface area contributed by atoms with Gasteiger partial charge in [0.25, 0.3) is 5.91 Å². The Kier molecular flexibility index (Phi) is 5.03. The van der Waals surface area contributed by atoms with Gasteiger partial charge in [-0.25, -0.2) is 4.98 Å². The molecule has 0 unspecified atom stereocenters. The lowest BCUT2D eigenvalue weighted by Gasteiger charge is -2.33. The van der Waals surface area contributed by atoms with Crippen molar-refractivity contribution in [2.45, 2.75) is 6.92 Å². The van der Waals surface area contributed by atoms with Crippen LogP contribution in [-0.2, 0) is 0 Å². The van der Waals surface area contributed by atoms with Crippen molar-refractivity contribution >= 4 is 17.4 Å². The molecule has 1 aliphatic heterocycles. The number of carbonyl (C=O) groups excluding carboxylic acids is 1. The molecule has 1 N–H and O–H groups in total. The molecule has 0 atom stereocenters. The van der Waals surface area contributed by atoms with Crippen LogP contribution >= 0.6 is 0 Å². The number of anilines is 2. The quantitative estimate of drug-likeness (QED) is 0.746. The van der Waals surface area contributed by atoms with E-state index in [9.17, 15) is 4.79 Å². The zero-order chi connectivity index (χ0) is 19.5. The van der Waals surface area contributed by atoms with Crippen molar-refractivity contribution < 1.29 is 9.21 Å². The number of rotatable bonds is 4. The average molecular weight is 378 g/mol. The number of likely N-dealkylation sites (N-methyl/N-ethyl adjacent to an activating group) is 1. The number of carbonyl (C=O) groups is 1. The Labute approximate surface area is 163 Å². The van der Waals surface area contributed by atoms with Crippen molar-refractivity contribution in [3.8, 4) is 11.5 Å². The van der Waals surface area contributed by atoms with Crippen LogP contribution < -0.4 is 10.2 Å². The van der Waals surface area contributed by atoms with Crippen LogP contribution in [0.25, 0.3) is 11.5 Å². The maximum absolute atomic E-state index is 12.7. The number of pyridine rings is 1. The molecule has 28 heavy (non-hydrogen) atoms. The highest BCUT2D eigenvalue weighted by atomic mass is 16.4. The van der Waals surface area contributed by atoms with E-state index in [0.717, 1.165) is 37.6 Å². The van der Waals surface area contributed by atoms with Crippen molar-refractivity contribution in [3.63, 3.8) is 0 Å². The number of aryl methyl sites for hydroxylation is 1. The second-order valence-electron chi connectivity index (χ2n) is 6.85. The summed E-state index contributed by atoms with van der Waals surface area (Å²) in [5.41, 5.74) is 1.99. The van der Waals surface area contributed by atoms with Gasteiger partial charge in [-0.15, -0.1) is 10.2 Å². The lowest BCUT2D eigenvalue weighted by atomic mass is 10.2. The SMILES string of the molecule is Cc1nnc(-c2cccc(NC(=O)c3ccnc(N4CCN(C)CC4)c3)c2)o1. The van der Waals surface area contributed by atoms with Gasteiger partial charge >= 0.3 is 0 Å². The molecule has 1 amide bonds. The number of hydrogen-bond acceptors (Lipinski definition) is 7. The van der Waals surface area contributed by atoms with Crippen LogP contribution in [0.5, 0.6) is 0 Å². The summed E-state index contributed by atoms with van der Waals surface area (Å²) in [4.78, 5) is 21.7. The Balaban J connectivity index is 1.49. The standard InChI is InChI=1S/C20H22N6O2/c1-14-23-24-20(28-14)16-4-3-5-17(12-16)22-19(27)15-6-7-21-18(13-15)26-10-8-25(2)9-11-26/h3-7,12-13H,8-11H2,1-2H3,(H,22,27). The van der Waals surface area contributed by atoms with Gasteiger partial charge in [-0.1, -0.05) is 6.07 Å². The molecule has 3 aromatic rings. The molecule has 0 aliphatic carbocycles. The fraction of sp³-hybridized carbons (Fsp3) is 0.300. The molecule has 3 heterocycles. The molecule has 2 aromatic heterocycles. The van der Waals surface area contributed by atoms with Gasteiger partial charge in [0, 0.05) is 56.1 Å². The summed E-state index contributed by atoms with van der Waals surface area (Å²) in [6.07, 6.45) is 1.68. The lowest BCUT2D eigenvalue weighted by molar-refractivity contribution is 0.102. The van der Waals surface area contributed by atoms with Crippen LogP contribution in [0.1, 0.15) is 16.2 Å². The van der Waals surface area contributed by atoms with E-state index < -0.39 is 0 Å². The van der Waals surface area contributed by atoms with Crippen LogP contribution in [0, 0.1) is 6.92 Å². The van der Waals surface area contributed by atoms with Crippen LogP contribution in [-0.4, -0.2) is 59.2 Å². The topological polar surface area (TPSA) is 87.4 Å². The van der Waals surface area contributed by atoms with Crippen molar-refractivity contribution in [1.82, 2.24) is 20.1 Å². The summed E-state index contributed by atoms with van der Waals surface area (Å²) in [5.74, 6) is 1.57. The monoisotopic (exact) mass is 378 g/mol. The van der Waals surface area contributed by atoms with Crippen LogP contribution in [0.15, 0.2) is 47.0 Å². The summed E-state index contributed by atoms with van der Waals surface area (Å²) in [6, 6.07) is 10.9. The largest absolute Gasteiger partial charge is 0.421 e. The third-order valence-electron chi connectivity index (χ3n) is 4.73. The predicted molar refractivity (Wildman–Crippen MR) is 106 cm³/mol. The summed E-state index contributed by atoms with van der Waals surface area (Å²) in [6.45, 7) is 5.52. The maximum Gasteiger partial charge on any atom is 0.255 e. The van der Waals surface area contributed by atoms with Gasteiger partial charge in [0.05, 0.1) is 0 Å². The lowest BCUT2D eigenvalue weighted by Crippen LogP contribution is -2.44. The molecule has 8 nitrogen and oxygen atoms in total. The van der Waals surface area contributed by atoms with Crippen molar-refractivity contribution in [1.29, 1.82) is 0 Å². The Morgan fingerprint density at radius 3 is 2.68 bits per heavy atom. The van der Waals surface area contributed by atoms with Crippen LogP contribution in [0.3, 0.4) is 0 Å². The molecule has 1 aliphatic rings. The zero-order valence-corrected chi connectivity index (χ0v) is 15.9. The molecule has 1 aromatic carbocycles. The highest BCUT2D eigenvalue weighted by molar-refractivity contribution is 6.04. The molecule has 0 spiro atoms. The number of hydrogen-bond donors (Lipinski definition) is 1. The van der Waals surface area contributed by atoms with E-state index in [0.29, 0.717) is 23.0 Å². The fourth-order valence-corrected chi connectivity index (χ4v) is 3.11. The fourth-order valence-electron chi connectivity index (χ4n) is 3.11. The van der Waals surface area contributed by atoms with Gasteiger partial charge in [-0.05, 0) is 37.4 Å². The minimum atomic E-state index is -0.184. The molecular formula is C20H22N6O2. The minimum Gasteiger partial charge on any atom is -0.421 e. The summed E-state index contributed by atoms with van der Waals surface area (Å²) < 4.78 is 5.45. The molecule has 144 valence electrons. The van der Waals surface area contributed by atoms with E-state index >= 15 is 0 Å². The average Bonchev–Trinajstić information content (AvgIpc) is 3.15. The first-order valence-corrected chi connectivity index (χ1v) is 9.20. The smallest absolute Gasteiger partial charge is 0.255 e. The van der Waals surface area contributed by atoms with Gasteiger partial charge in [0.2, 0.25) is 11.8 Å². The number of aromatic nitrogens is 3. The molecule has 8 heteroatoms. The number of nitrogens with one attached hydrogen (secondary N) is 1. The highest BCUT2D eigenvalue weighted by Gasteiger charge is 2.17. The van der Waals surface area contributed by atoms with Crippen molar-refractivity contribution in [3.05, 3.63) is 54.0 Å². The van der Waals surface area contributed by atoms with Gasteiger partial charge in [-0.3, -0.25) is 4.79 Å². The van der Waals surface area contributed by atoms with E-state index in [1.165, 1.54) is 0 Å². The zero-order valence-electron chi connectivity index (χ0n) is 15.9. The van der Waals surface area contributed by atoms with E-state index in [-0.39, 0.29) is 5.91 Å². The first kappa shape index (κ1) is 18.1. The highest BCUT2D eigenvalue weighted by Crippen LogP contribution is 2.22. The Morgan fingerprint density at radius 1 is 1.11 bits per heavy atom. The van der Waals surface area contributed by atoms with Gasteiger partial charge in [0.1, 0.15) is 5.82 Å². The predicted octanol–water partition coefficient (Wildman–Crippen LogP) is 2.44. The minimum absolute atomic E-state index is 0.184. The number of benzene rings is 1. The maximum atomic E-state index is 12.7. The van der Waals surface area contributed by atoms with Gasteiger partial charge < -0.3 is 19.5 Å². The summed E-state index contributed by atoms with van der Waals surface area (Å²) >= 11 is 0. The van der Waals surface area contributed by atoms with E-state index in [1.54, 1.807) is 19.2 Å². The molecule has 0 bridgehead atoms. The number of nitrogens with zero attached hydrogens (tertiary/aromatic N) is 5. The molecule has 1 saturated heterocycles. The third kappa shape index (κ3) is 4.01. The normalized spacial score (nSPS) is 14.9. The van der Waals surface area contributed by atoms with Gasteiger partial charge in [-0.2, -0.15) is 0 Å². The first-order chi connectivity index (χ1) is 13.6. The van der Waals surface area contributed by atoms with E-state index in [1.807, 2.05) is 30.3 Å². The Morgan fingerprint density at radius 2 is 1.93 bits per heavy atom.